The van der Waals surface area contributed by atoms with Crippen LogP contribution in [0, 0.1) is 13.8 Å². The van der Waals surface area contributed by atoms with Crippen LogP contribution in [0.2, 0.25) is 0 Å². The Morgan fingerprint density at radius 2 is 1.23 bits per heavy atom. The lowest BCUT2D eigenvalue weighted by Gasteiger charge is -2.08. The van der Waals surface area contributed by atoms with Crippen LogP contribution in [0.25, 0.3) is 22.8 Å². The van der Waals surface area contributed by atoms with Gasteiger partial charge in [0.2, 0.25) is 0 Å². The highest BCUT2D eigenvalue weighted by Crippen LogP contribution is 2.23. The average Bonchev–Trinajstić information content (AvgIpc) is 2.54. The van der Waals surface area contributed by atoms with E-state index in [4.69, 9.17) is 4.98 Å². The Kier molecular flexibility index (Phi) is 3.96. The van der Waals surface area contributed by atoms with Crippen molar-refractivity contribution in [1.82, 2.24) is 15.0 Å². The molecule has 22 heavy (non-hydrogen) atoms. The summed E-state index contributed by atoms with van der Waals surface area (Å²) in [4.78, 5) is 13.7. The first-order valence-electron chi connectivity index (χ1n) is 7.52. The van der Waals surface area contributed by atoms with Crippen LogP contribution < -0.4 is 0 Å². The lowest BCUT2D eigenvalue weighted by molar-refractivity contribution is 1.11. The van der Waals surface area contributed by atoms with E-state index in [2.05, 4.69) is 55.0 Å². The maximum absolute atomic E-state index is 4.78. The summed E-state index contributed by atoms with van der Waals surface area (Å²) in [6.07, 6.45) is 4.62. The van der Waals surface area contributed by atoms with Crippen molar-refractivity contribution in [3.05, 3.63) is 65.5 Å². The van der Waals surface area contributed by atoms with Crippen molar-refractivity contribution in [3.8, 4) is 22.8 Å². The number of hydrogen-bond acceptors (Lipinski definition) is 3. The van der Waals surface area contributed by atoms with Gasteiger partial charge in [0.05, 0.1) is 22.8 Å². The van der Waals surface area contributed by atoms with E-state index in [1.165, 1.54) is 16.7 Å². The van der Waals surface area contributed by atoms with Crippen molar-refractivity contribution in [2.24, 2.45) is 0 Å². The minimum atomic E-state index is 0.904. The van der Waals surface area contributed by atoms with Gasteiger partial charge in [-0.05, 0) is 73.4 Å². The third kappa shape index (κ3) is 3.03. The number of aryl methyl sites for hydroxylation is 3. The molecule has 3 heterocycles. The number of rotatable bonds is 3. The molecule has 0 saturated heterocycles. The average molecular weight is 289 g/mol. The van der Waals surface area contributed by atoms with Crippen LogP contribution in [0.5, 0.6) is 0 Å². The molecule has 3 nitrogen and oxygen atoms in total. The number of aromatic nitrogens is 3. The molecule has 3 aromatic rings. The van der Waals surface area contributed by atoms with Crippen LogP contribution >= 0.6 is 0 Å². The fraction of sp³-hybridized carbons (Fsp3) is 0.211. The Morgan fingerprint density at radius 1 is 0.727 bits per heavy atom. The summed E-state index contributed by atoms with van der Waals surface area (Å²) in [6.45, 7) is 6.28. The molecule has 0 spiro atoms. The van der Waals surface area contributed by atoms with Crippen molar-refractivity contribution in [2.45, 2.75) is 27.2 Å². The van der Waals surface area contributed by atoms with Gasteiger partial charge in [-0.1, -0.05) is 6.92 Å². The molecule has 0 N–H and O–H groups in total. The second-order valence-electron chi connectivity index (χ2n) is 5.54. The van der Waals surface area contributed by atoms with Gasteiger partial charge in [-0.2, -0.15) is 0 Å². The monoisotopic (exact) mass is 289 g/mol. The van der Waals surface area contributed by atoms with Crippen LogP contribution in [0.4, 0.5) is 0 Å². The molecule has 0 aromatic carbocycles. The van der Waals surface area contributed by atoms with E-state index in [0.29, 0.717) is 0 Å². The minimum absolute atomic E-state index is 0.904. The van der Waals surface area contributed by atoms with E-state index in [9.17, 15) is 0 Å². The molecular formula is C19H19N3. The van der Waals surface area contributed by atoms with Crippen LogP contribution in [-0.4, -0.2) is 15.0 Å². The first-order chi connectivity index (χ1) is 10.7. The predicted octanol–water partition coefficient (Wildman–Crippen LogP) is 4.38. The van der Waals surface area contributed by atoms with Gasteiger partial charge in [-0.3, -0.25) is 9.97 Å². The van der Waals surface area contributed by atoms with E-state index < -0.39 is 0 Å². The molecule has 0 fully saturated rings. The van der Waals surface area contributed by atoms with E-state index >= 15 is 0 Å². The summed E-state index contributed by atoms with van der Waals surface area (Å²) in [5.41, 5.74) is 7.23. The molecule has 3 aromatic heterocycles. The van der Waals surface area contributed by atoms with Crippen LogP contribution in [0.15, 0.2) is 48.8 Å². The van der Waals surface area contributed by atoms with Crippen molar-refractivity contribution < 1.29 is 0 Å². The molecule has 0 aliphatic rings. The third-order valence-electron chi connectivity index (χ3n) is 3.65. The molecule has 0 atom stereocenters. The zero-order valence-corrected chi connectivity index (χ0v) is 13.2. The lowest BCUT2D eigenvalue weighted by atomic mass is 10.1. The quantitative estimate of drug-likeness (QED) is 0.718. The van der Waals surface area contributed by atoms with Crippen molar-refractivity contribution in [2.75, 3.05) is 0 Å². The molecule has 0 bridgehead atoms. The topological polar surface area (TPSA) is 38.7 Å². The zero-order chi connectivity index (χ0) is 15.5. The summed E-state index contributed by atoms with van der Waals surface area (Å²) in [5, 5.41) is 0. The highest BCUT2D eigenvalue weighted by Gasteiger charge is 2.08. The Hall–Kier alpha value is -2.55. The summed E-state index contributed by atoms with van der Waals surface area (Å²) in [7, 11) is 0. The normalized spacial score (nSPS) is 10.7. The van der Waals surface area contributed by atoms with Gasteiger partial charge in [0.25, 0.3) is 0 Å². The smallest absolute Gasteiger partial charge is 0.0897 e. The maximum atomic E-state index is 4.78. The molecule has 0 unspecified atom stereocenters. The van der Waals surface area contributed by atoms with Crippen molar-refractivity contribution >= 4 is 0 Å². The van der Waals surface area contributed by atoms with E-state index in [1.54, 1.807) is 0 Å². The van der Waals surface area contributed by atoms with Gasteiger partial charge in [-0.25, -0.2) is 4.98 Å². The first kappa shape index (κ1) is 14.4. The van der Waals surface area contributed by atoms with E-state index in [-0.39, 0.29) is 0 Å². The van der Waals surface area contributed by atoms with Gasteiger partial charge < -0.3 is 0 Å². The van der Waals surface area contributed by atoms with Gasteiger partial charge in [-0.15, -0.1) is 0 Å². The Balaban J connectivity index is 2.14. The number of hydrogen-bond donors (Lipinski definition) is 0. The lowest BCUT2D eigenvalue weighted by Crippen LogP contribution is -1.95. The van der Waals surface area contributed by atoms with Gasteiger partial charge >= 0.3 is 0 Å². The van der Waals surface area contributed by atoms with Crippen molar-refractivity contribution in [3.63, 3.8) is 0 Å². The summed E-state index contributed by atoms with van der Waals surface area (Å²) in [6, 6.07) is 12.3. The second kappa shape index (κ2) is 6.06. The van der Waals surface area contributed by atoms with Gasteiger partial charge in [0, 0.05) is 12.4 Å². The fourth-order valence-electron chi connectivity index (χ4n) is 2.41. The van der Waals surface area contributed by atoms with E-state index in [1.807, 2.05) is 24.5 Å². The molecular weight excluding hydrogens is 270 g/mol. The highest BCUT2D eigenvalue weighted by molar-refractivity contribution is 5.64. The zero-order valence-electron chi connectivity index (χ0n) is 13.2. The fourth-order valence-corrected chi connectivity index (χ4v) is 2.41. The molecule has 0 radical (unpaired) electrons. The largest absolute Gasteiger partial charge is 0.255 e. The molecule has 3 heteroatoms. The SMILES string of the molecule is CCc1cc(-c2cc(C)ccn2)nc(-c2cc(C)ccn2)c1. The summed E-state index contributed by atoms with van der Waals surface area (Å²) < 4.78 is 0. The Bertz CT molecular complexity index is 746. The third-order valence-corrected chi connectivity index (χ3v) is 3.65. The maximum Gasteiger partial charge on any atom is 0.0897 e. The van der Waals surface area contributed by atoms with Gasteiger partial charge in [0.15, 0.2) is 0 Å². The minimum Gasteiger partial charge on any atom is -0.255 e. The highest BCUT2D eigenvalue weighted by atomic mass is 14.8. The summed E-state index contributed by atoms with van der Waals surface area (Å²) in [5.74, 6) is 0. The van der Waals surface area contributed by atoms with Crippen molar-refractivity contribution in [1.29, 1.82) is 0 Å². The Morgan fingerprint density at radius 3 is 1.64 bits per heavy atom. The standard InChI is InChI=1S/C19H19N3/c1-4-15-11-18(16-9-13(2)5-7-20-16)22-19(12-15)17-10-14(3)6-8-21-17/h5-12H,4H2,1-3H3. The van der Waals surface area contributed by atoms with Gasteiger partial charge in [0.1, 0.15) is 0 Å². The first-order valence-corrected chi connectivity index (χ1v) is 7.52. The van der Waals surface area contributed by atoms with Crippen LogP contribution in [-0.2, 0) is 6.42 Å². The molecule has 110 valence electrons. The molecule has 0 amide bonds. The van der Waals surface area contributed by atoms with E-state index in [0.717, 1.165) is 29.2 Å². The molecule has 0 aliphatic heterocycles. The number of nitrogens with zero attached hydrogens (tertiary/aromatic N) is 3. The predicted molar refractivity (Wildman–Crippen MR) is 89.6 cm³/mol. The second-order valence-corrected chi connectivity index (χ2v) is 5.54. The Labute approximate surface area is 131 Å². The van der Waals surface area contributed by atoms with Crippen LogP contribution in [0.1, 0.15) is 23.6 Å². The molecule has 0 aliphatic carbocycles. The summed E-state index contributed by atoms with van der Waals surface area (Å²) >= 11 is 0. The number of pyridine rings is 3. The molecule has 3 rings (SSSR count). The van der Waals surface area contributed by atoms with Crippen LogP contribution in [0.3, 0.4) is 0 Å². The molecule has 0 saturated carbocycles.